The second-order valence-electron chi connectivity index (χ2n) is 5.06. The SMILES string of the molecule is CCc1nnsc1C(=O)O[C@H](C)C(=O)c1c[nH]c2ccccc12. The fraction of sp³-hybridized carbons (Fsp3) is 0.250. The molecule has 0 aliphatic rings. The molecule has 7 heteroatoms. The average Bonchev–Trinajstić information content (AvgIpc) is 3.20. The van der Waals surface area contributed by atoms with Gasteiger partial charge in [0.15, 0.2) is 11.0 Å². The molecule has 0 aliphatic heterocycles. The lowest BCUT2D eigenvalue weighted by atomic mass is 10.1. The zero-order valence-electron chi connectivity index (χ0n) is 12.7. The third-order valence-corrected chi connectivity index (χ3v) is 4.33. The number of rotatable bonds is 5. The van der Waals surface area contributed by atoms with Gasteiger partial charge < -0.3 is 9.72 Å². The number of fused-ring (bicyclic) bond motifs is 1. The Kier molecular flexibility index (Phi) is 4.20. The summed E-state index contributed by atoms with van der Waals surface area (Å²) < 4.78 is 9.06. The van der Waals surface area contributed by atoms with Gasteiger partial charge in [0.2, 0.25) is 5.78 Å². The van der Waals surface area contributed by atoms with Crippen LogP contribution in [-0.4, -0.2) is 32.4 Å². The minimum absolute atomic E-state index is 0.244. The summed E-state index contributed by atoms with van der Waals surface area (Å²) in [5, 5.41) is 4.69. The Bertz CT molecular complexity index is 868. The van der Waals surface area contributed by atoms with Crippen molar-refractivity contribution in [2.75, 3.05) is 0 Å². The van der Waals surface area contributed by atoms with Crippen molar-refractivity contribution < 1.29 is 14.3 Å². The number of esters is 1. The van der Waals surface area contributed by atoms with Crippen molar-refractivity contribution in [3.05, 3.63) is 46.6 Å². The standard InChI is InChI=1S/C16H15N3O3S/c1-3-12-15(23-19-18-12)16(21)22-9(2)14(20)11-8-17-13-7-5-4-6-10(11)13/h4-9,17H,3H2,1-2H3/t9-/m1/s1. The summed E-state index contributed by atoms with van der Waals surface area (Å²) in [6.45, 7) is 3.45. The number of aromatic nitrogens is 3. The molecule has 3 rings (SSSR count). The summed E-state index contributed by atoms with van der Waals surface area (Å²) in [4.78, 5) is 28.1. The Balaban J connectivity index is 1.79. The molecule has 0 amide bonds. The molecule has 2 heterocycles. The van der Waals surface area contributed by atoms with Gasteiger partial charge in [0.05, 0.1) is 5.69 Å². The van der Waals surface area contributed by atoms with Crippen LogP contribution >= 0.6 is 11.5 Å². The quantitative estimate of drug-likeness (QED) is 0.574. The topological polar surface area (TPSA) is 84.9 Å². The van der Waals surface area contributed by atoms with Gasteiger partial charge in [0.25, 0.3) is 0 Å². The number of aryl methyl sites for hydroxylation is 1. The van der Waals surface area contributed by atoms with Gasteiger partial charge >= 0.3 is 5.97 Å². The summed E-state index contributed by atoms with van der Waals surface area (Å²) in [7, 11) is 0. The van der Waals surface area contributed by atoms with E-state index in [1.54, 1.807) is 13.1 Å². The Morgan fingerprint density at radius 3 is 2.91 bits per heavy atom. The first-order valence-electron chi connectivity index (χ1n) is 7.24. The van der Waals surface area contributed by atoms with Crippen molar-refractivity contribution in [1.82, 2.24) is 14.6 Å². The molecular formula is C16H15N3O3S. The van der Waals surface area contributed by atoms with E-state index in [4.69, 9.17) is 4.74 Å². The van der Waals surface area contributed by atoms with E-state index in [2.05, 4.69) is 14.6 Å². The molecule has 0 fully saturated rings. The molecule has 0 unspecified atom stereocenters. The van der Waals surface area contributed by atoms with Gasteiger partial charge in [-0.1, -0.05) is 29.6 Å². The lowest BCUT2D eigenvalue weighted by molar-refractivity contribution is 0.0323. The monoisotopic (exact) mass is 329 g/mol. The van der Waals surface area contributed by atoms with Crippen LogP contribution in [0, 0.1) is 0 Å². The molecular weight excluding hydrogens is 314 g/mol. The molecule has 0 aliphatic carbocycles. The maximum absolute atomic E-state index is 12.6. The largest absolute Gasteiger partial charge is 0.450 e. The molecule has 0 radical (unpaired) electrons. The van der Waals surface area contributed by atoms with Crippen LogP contribution in [0.2, 0.25) is 0 Å². The maximum Gasteiger partial charge on any atom is 0.352 e. The Hall–Kier alpha value is -2.54. The summed E-state index contributed by atoms with van der Waals surface area (Å²) in [6.07, 6.45) is 1.35. The molecule has 6 nitrogen and oxygen atoms in total. The van der Waals surface area contributed by atoms with Gasteiger partial charge in [-0.05, 0) is 30.9 Å². The number of nitrogens with zero attached hydrogens (tertiary/aromatic N) is 2. The molecule has 118 valence electrons. The smallest absolute Gasteiger partial charge is 0.352 e. The second kappa shape index (κ2) is 6.29. The van der Waals surface area contributed by atoms with Crippen LogP contribution in [0.15, 0.2) is 30.5 Å². The number of carbonyl (C=O) groups excluding carboxylic acids is 2. The van der Waals surface area contributed by atoms with Gasteiger partial charge in [0.1, 0.15) is 0 Å². The van der Waals surface area contributed by atoms with Gasteiger partial charge in [-0.15, -0.1) is 5.10 Å². The van der Waals surface area contributed by atoms with Crippen molar-refractivity contribution in [3.63, 3.8) is 0 Å². The van der Waals surface area contributed by atoms with E-state index in [0.717, 1.165) is 22.4 Å². The minimum atomic E-state index is -0.881. The maximum atomic E-state index is 12.6. The van der Waals surface area contributed by atoms with Crippen LogP contribution < -0.4 is 0 Å². The van der Waals surface area contributed by atoms with Gasteiger partial charge in [-0.2, -0.15) is 0 Å². The number of H-pyrrole nitrogens is 1. The number of carbonyl (C=O) groups is 2. The molecule has 1 N–H and O–H groups in total. The molecule has 0 bridgehead atoms. The molecule has 0 saturated heterocycles. The average molecular weight is 329 g/mol. The number of ketones is 1. The van der Waals surface area contributed by atoms with E-state index in [9.17, 15) is 9.59 Å². The van der Waals surface area contributed by atoms with Gasteiger partial charge in [0, 0.05) is 22.7 Å². The van der Waals surface area contributed by atoms with Crippen molar-refractivity contribution in [1.29, 1.82) is 0 Å². The molecule has 0 spiro atoms. The van der Waals surface area contributed by atoms with Gasteiger partial charge in [-0.25, -0.2) is 4.79 Å². The fourth-order valence-corrected chi connectivity index (χ4v) is 2.99. The fourth-order valence-electron chi connectivity index (χ4n) is 2.36. The van der Waals surface area contributed by atoms with Gasteiger partial charge in [-0.3, -0.25) is 4.79 Å². The van der Waals surface area contributed by atoms with E-state index < -0.39 is 12.1 Å². The van der Waals surface area contributed by atoms with Crippen LogP contribution in [0.5, 0.6) is 0 Å². The van der Waals surface area contributed by atoms with E-state index in [0.29, 0.717) is 22.6 Å². The second-order valence-corrected chi connectivity index (χ2v) is 5.82. The number of hydrogen-bond donors (Lipinski definition) is 1. The number of para-hydroxylation sites is 1. The highest BCUT2D eigenvalue weighted by molar-refractivity contribution is 7.07. The molecule has 1 atom stereocenters. The number of hydrogen-bond acceptors (Lipinski definition) is 6. The normalized spacial score (nSPS) is 12.3. The van der Waals surface area contributed by atoms with E-state index in [1.807, 2.05) is 31.2 Å². The molecule has 0 saturated carbocycles. The molecule has 23 heavy (non-hydrogen) atoms. The van der Waals surface area contributed by atoms with Crippen LogP contribution in [-0.2, 0) is 11.2 Å². The van der Waals surface area contributed by atoms with E-state index in [1.165, 1.54) is 0 Å². The first-order valence-corrected chi connectivity index (χ1v) is 8.01. The highest BCUT2D eigenvalue weighted by Crippen LogP contribution is 2.21. The van der Waals surface area contributed by atoms with Crippen LogP contribution in [0.25, 0.3) is 10.9 Å². The van der Waals surface area contributed by atoms with Crippen LogP contribution in [0.4, 0.5) is 0 Å². The van der Waals surface area contributed by atoms with Crippen molar-refractivity contribution in [3.8, 4) is 0 Å². The summed E-state index contributed by atoms with van der Waals surface area (Å²) in [5.74, 6) is -0.802. The Morgan fingerprint density at radius 1 is 1.35 bits per heavy atom. The summed E-state index contributed by atoms with van der Waals surface area (Å²) in [5.41, 5.74) is 1.97. The summed E-state index contributed by atoms with van der Waals surface area (Å²) in [6, 6.07) is 7.50. The number of aromatic amines is 1. The Labute approximate surface area is 136 Å². The lowest BCUT2D eigenvalue weighted by Crippen LogP contribution is -2.24. The number of nitrogens with one attached hydrogen (secondary N) is 1. The number of Topliss-reactive ketones (excluding diaryl/α,β-unsaturated/α-hetero) is 1. The minimum Gasteiger partial charge on any atom is -0.450 e. The molecule has 2 aromatic heterocycles. The van der Waals surface area contributed by atoms with Crippen molar-refractivity contribution in [2.45, 2.75) is 26.4 Å². The summed E-state index contributed by atoms with van der Waals surface area (Å²) >= 11 is 0.983. The highest BCUT2D eigenvalue weighted by atomic mass is 32.1. The van der Waals surface area contributed by atoms with E-state index in [-0.39, 0.29) is 5.78 Å². The zero-order chi connectivity index (χ0) is 16.4. The van der Waals surface area contributed by atoms with Crippen LogP contribution in [0.1, 0.15) is 39.6 Å². The lowest BCUT2D eigenvalue weighted by Gasteiger charge is -2.11. The first-order chi connectivity index (χ1) is 11.1. The predicted octanol–water partition coefficient (Wildman–Crippen LogP) is 3.01. The van der Waals surface area contributed by atoms with Crippen molar-refractivity contribution in [2.24, 2.45) is 0 Å². The van der Waals surface area contributed by atoms with Crippen molar-refractivity contribution >= 4 is 34.2 Å². The molecule has 1 aromatic carbocycles. The van der Waals surface area contributed by atoms with Crippen LogP contribution in [0.3, 0.4) is 0 Å². The molecule has 3 aromatic rings. The highest BCUT2D eigenvalue weighted by Gasteiger charge is 2.25. The van der Waals surface area contributed by atoms with E-state index >= 15 is 0 Å². The third-order valence-electron chi connectivity index (χ3n) is 3.58. The number of benzene rings is 1. The third kappa shape index (κ3) is 2.87. The Morgan fingerprint density at radius 2 is 2.13 bits per heavy atom. The number of ether oxygens (including phenoxy) is 1. The predicted molar refractivity (Wildman–Crippen MR) is 86.8 cm³/mol. The zero-order valence-corrected chi connectivity index (χ0v) is 13.5. The first kappa shape index (κ1) is 15.4.